The molecule has 0 amide bonds. The number of aliphatic hydroxyl groups is 1. The van der Waals surface area contributed by atoms with Crippen LogP contribution in [-0.2, 0) is 9.53 Å². The summed E-state index contributed by atoms with van der Waals surface area (Å²) in [5, 5.41) is 10.1. The third-order valence-electron chi connectivity index (χ3n) is 2.45. The molecule has 16 heavy (non-hydrogen) atoms. The second-order valence-electron chi connectivity index (χ2n) is 3.51. The molecular weight excluding hydrogens is 204 g/mol. The Morgan fingerprint density at radius 2 is 2.12 bits per heavy atom. The van der Waals surface area contributed by atoms with Crippen molar-refractivity contribution in [2.75, 3.05) is 7.11 Å². The van der Waals surface area contributed by atoms with Crippen molar-refractivity contribution >= 4 is 5.97 Å². The van der Waals surface area contributed by atoms with Gasteiger partial charge >= 0.3 is 5.97 Å². The number of benzene rings is 1. The highest BCUT2D eigenvalue weighted by Gasteiger charge is 2.27. The maximum absolute atomic E-state index is 11.5. The molecule has 0 aromatic heterocycles. The van der Waals surface area contributed by atoms with E-state index in [2.05, 4.69) is 11.3 Å². The van der Waals surface area contributed by atoms with Gasteiger partial charge in [0.25, 0.3) is 0 Å². The number of aliphatic hydroxyl groups excluding tert-OH is 1. The smallest absolute Gasteiger partial charge is 0.311 e. The van der Waals surface area contributed by atoms with Crippen molar-refractivity contribution in [1.82, 2.24) is 0 Å². The topological polar surface area (TPSA) is 46.5 Å². The van der Waals surface area contributed by atoms with Gasteiger partial charge in [0.2, 0.25) is 0 Å². The quantitative estimate of drug-likeness (QED) is 0.610. The number of methoxy groups -OCH3 is 1. The molecule has 0 aliphatic carbocycles. The Hall–Kier alpha value is -1.61. The second kappa shape index (κ2) is 6.08. The van der Waals surface area contributed by atoms with Gasteiger partial charge in [-0.1, -0.05) is 36.4 Å². The van der Waals surface area contributed by atoms with Crippen LogP contribution in [0.1, 0.15) is 18.1 Å². The van der Waals surface area contributed by atoms with E-state index in [1.165, 1.54) is 7.11 Å². The zero-order chi connectivity index (χ0) is 12.0. The number of hydrogen-bond donors (Lipinski definition) is 1. The van der Waals surface area contributed by atoms with E-state index >= 15 is 0 Å². The molecule has 0 fully saturated rings. The number of allylic oxidation sites excluding steroid dienone is 1. The van der Waals surface area contributed by atoms with Crippen LogP contribution < -0.4 is 0 Å². The fourth-order valence-corrected chi connectivity index (χ4v) is 1.57. The molecule has 0 saturated heterocycles. The van der Waals surface area contributed by atoms with Crippen LogP contribution in [0.25, 0.3) is 0 Å². The van der Waals surface area contributed by atoms with E-state index in [0.717, 1.165) is 0 Å². The van der Waals surface area contributed by atoms with Gasteiger partial charge in [0.1, 0.15) is 0 Å². The van der Waals surface area contributed by atoms with Crippen molar-refractivity contribution in [3.8, 4) is 0 Å². The van der Waals surface area contributed by atoms with Gasteiger partial charge in [-0.15, -0.1) is 6.58 Å². The predicted molar refractivity (Wildman–Crippen MR) is 61.7 cm³/mol. The highest BCUT2D eigenvalue weighted by molar-refractivity contribution is 5.73. The molecule has 0 unspecified atom stereocenters. The van der Waals surface area contributed by atoms with Crippen molar-refractivity contribution in [1.29, 1.82) is 0 Å². The zero-order valence-electron chi connectivity index (χ0n) is 9.30. The van der Waals surface area contributed by atoms with Crippen molar-refractivity contribution < 1.29 is 14.6 Å². The summed E-state index contributed by atoms with van der Waals surface area (Å²) >= 11 is 0. The molecular formula is C13H16O3. The average Bonchev–Trinajstić information content (AvgIpc) is 2.35. The van der Waals surface area contributed by atoms with E-state index in [9.17, 15) is 9.90 Å². The lowest BCUT2D eigenvalue weighted by Gasteiger charge is -2.19. The van der Waals surface area contributed by atoms with Gasteiger partial charge in [-0.05, 0) is 12.0 Å². The van der Waals surface area contributed by atoms with E-state index in [-0.39, 0.29) is 0 Å². The van der Waals surface area contributed by atoms with Crippen LogP contribution in [0, 0.1) is 5.92 Å². The SMILES string of the molecule is C=CC[C@H](C(=O)OC)[C@H](O)c1ccccc1. The summed E-state index contributed by atoms with van der Waals surface area (Å²) in [7, 11) is 1.32. The third-order valence-corrected chi connectivity index (χ3v) is 2.45. The minimum absolute atomic E-state index is 0.392. The molecule has 3 nitrogen and oxygen atoms in total. The molecule has 0 saturated carbocycles. The standard InChI is InChI=1S/C13H16O3/c1-3-7-11(13(15)16-2)12(14)10-8-5-4-6-9-10/h3-6,8-9,11-12,14H,1,7H2,2H3/t11-,12+/m0/s1. The molecule has 1 aromatic carbocycles. The van der Waals surface area contributed by atoms with Crippen molar-refractivity contribution in [2.24, 2.45) is 5.92 Å². The van der Waals surface area contributed by atoms with Gasteiger partial charge in [0.05, 0.1) is 19.1 Å². The first-order chi connectivity index (χ1) is 7.70. The number of carbonyl (C=O) groups is 1. The number of rotatable bonds is 5. The maximum Gasteiger partial charge on any atom is 0.311 e. The molecule has 0 aliphatic heterocycles. The van der Waals surface area contributed by atoms with Gasteiger partial charge in [0.15, 0.2) is 0 Å². The Kier molecular flexibility index (Phi) is 4.73. The fourth-order valence-electron chi connectivity index (χ4n) is 1.57. The summed E-state index contributed by atoms with van der Waals surface area (Å²) in [6.45, 7) is 3.57. The summed E-state index contributed by atoms with van der Waals surface area (Å²) in [5.41, 5.74) is 0.708. The Labute approximate surface area is 95.4 Å². The third kappa shape index (κ3) is 2.94. The second-order valence-corrected chi connectivity index (χ2v) is 3.51. The van der Waals surface area contributed by atoms with Crippen molar-refractivity contribution in [3.05, 3.63) is 48.6 Å². The first-order valence-corrected chi connectivity index (χ1v) is 5.12. The Morgan fingerprint density at radius 3 is 2.62 bits per heavy atom. The molecule has 0 bridgehead atoms. The summed E-state index contributed by atoms with van der Waals surface area (Å²) < 4.78 is 4.66. The highest BCUT2D eigenvalue weighted by atomic mass is 16.5. The number of hydrogen-bond acceptors (Lipinski definition) is 3. The normalized spacial score (nSPS) is 13.9. The van der Waals surface area contributed by atoms with Gasteiger partial charge in [0, 0.05) is 0 Å². The predicted octanol–water partition coefficient (Wildman–Crippen LogP) is 2.09. The summed E-state index contributed by atoms with van der Waals surface area (Å²) in [5.74, 6) is -1.01. The van der Waals surface area contributed by atoms with Crippen LogP contribution in [0.15, 0.2) is 43.0 Å². The van der Waals surface area contributed by atoms with E-state index in [1.807, 2.05) is 18.2 Å². The van der Waals surface area contributed by atoms with E-state index in [4.69, 9.17) is 0 Å². The van der Waals surface area contributed by atoms with Crippen molar-refractivity contribution in [2.45, 2.75) is 12.5 Å². The first-order valence-electron chi connectivity index (χ1n) is 5.12. The van der Waals surface area contributed by atoms with Gasteiger partial charge in [-0.25, -0.2) is 0 Å². The molecule has 1 rings (SSSR count). The number of ether oxygens (including phenoxy) is 1. The Bertz CT molecular complexity index is 345. The average molecular weight is 220 g/mol. The minimum Gasteiger partial charge on any atom is -0.469 e. The zero-order valence-corrected chi connectivity index (χ0v) is 9.30. The Morgan fingerprint density at radius 1 is 1.50 bits per heavy atom. The highest BCUT2D eigenvalue weighted by Crippen LogP contribution is 2.25. The minimum atomic E-state index is -0.855. The Balaban J connectivity index is 2.86. The molecule has 1 N–H and O–H groups in total. The molecule has 0 aliphatic rings. The lowest BCUT2D eigenvalue weighted by Crippen LogP contribution is -2.23. The van der Waals surface area contributed by atoms with E-state index in [0.29, 0.717) is 12.0 Å². The largest absolute Gasteiger partial charge is 0.469 e. The van der Waals surface area contributed by atoms with Crippen LogP contribution in [0.4, 0.5) is 0 Å². The van der Waals surface area contributed by atoms with Crippen LogP contribution in [0.2, 0.25) is 0 Å². The summed E-state index contributed by atoms with van der Waals surface area (Å²) in [4.78, 5) is 11.5. The lowest BCUT2D eigenvalue weighted by atomic mass is 9.93. The van der Waals surface area contributed by atoms with Crippen LogP contribution >= 0.6 is 0 Å². The van der Waals surface area contributed by atoms with Gasteiger partial charge < -0.3 is 9.84 Å². The number of carbonyl (C=O) groups excluding carboxylic acids is 1. The molecule has 3 heteroatoms. The first kappa shape index (κ1) is 12.5. The monoisotopic (exact) mass is 220 g/mol. The molecule has 0 heterocycles. The van der Waals surface area contributed by atoms with Crippen LogP contribution in [0.3, 0.4) is 0 Å². The molecule has 1 aromatic rings. The number of esters is 1. The molecule has 0 spiro atoms. The molecule has 86 valence electrons. The molecule has 0 radical (unpaired) electrons. The van der Waals surface area contributed by atoms with Gasteiger partial charge in [-0.3, -0.25) is 4.79 Å². The van der Waals surface area contributed by atoms with E-state index in [1.54, 1.807) is 18.2 Å². The van der Waals surface area contributed by atoms with Crippen LogP contribution in [-0.4, -0.2) is 18.2 Å². The van der Waals surface area contributed by atoms with Crippen LogP contribution in [0.5, 0.6) is 0 Å². The van der Waals surface area contributed by atoms with Crippen molar-refractivity contribution in [3.63, 3.8) is 0 Å². The lowest BCUT2D eigenvalue weighted by molar-refractivity contribution is -0.149. The maximum atomic E-state index is 11.5. The van der Waals surface area contributed by atoms with E-state index < -0.39 is 18.0 Å². The molecule has 2 atom stereocenters. The van der Waals surface area contributed by atoms with Gasteiger partial charge in [-0.2, -0.15) is 0 Å². The fraction of sp³-hybridized carbons (Fsp3) is 0.308. The summed E-state index contributed by atoms with van der Waals surface area (Å²) in [6.07, 6.45) is 1.14. The summed E-state index contributed by atoms with van der Waals surface area (Å²) in [6, 6.07) is 9.06.